The molecule has 3 amide bonds. The van der Waals surface area contributed by atoms with Gasteiger partial charge in [0.1, 0.15) is 17.1 Å². The molecule has 6 N–H and O–H groups in total. The van der Waals surface area contributed by atoms with Gasteiger partial charge in [-0.05, 0) is 57.1 Å². The van der Waals surface area contributed by atoms with Gasteiger partial charge in [-0.25, -0.2) is 0 Å². The minimum atomic E-state index is -0.734. The summed E-state index contributed by atoms with van der Waals surface area (Å²) in [4.78, 5) is 73.7. The standard InChI is InChI=1S/C27H33N7O9/c35-22-10-1-7-19(32(22)41)25(38)28-13-4-16-31(17-5-14-29-26(39)20-8-2-11-23(36)33(20)42)18-6-15-30-27(40)21-9-3-12-24(37)34(21)43/h1-3,7-12,41-43H,4-6,13-18H2,(H,28,38)(H,29,39)(H,30,40). The van der Waals surface area contributed by atoms with Crippen LogP contribution < -0.4 is 32.6 Å². The van der Waals surface area contributed by atoms with Gasteiger partial charge in [-0.3, -0.25) is 28.8 Å². The van der Waals surface area contributed by atoms with Gasteiger partial charge in [0, 0.05) is 37.8 Å². The molecule has 3 rings (SSSR count). The second-order valence-corrected chi connectivity index (χ2v) is 9.35. The minimum Gasteiger partial charge on any atom is -0.425 e. The normalized spacial score (nSPS) is 10.8. The van der Waals surface area contributed by atoms with E-state index in [1.165, 1.54) is 36.4 Å². The van der Waals surface area contributed by atoms with Crippen LogP contribution in [0.1, 0.15) is 50.7 Å². The van der Waals surface area contributed by atoms with Gasteiger partial charge in [0.15, 0.2) is 0 Å². The fraction of sp³-hybridized carbons (Fsp3) is 0.333. The number of hydrogen-bond acceptors (Lipinski definition) is 10. The van der Waals surface area contributed by atoms with Crippen LogP contribution in [0.5, 0.6) is 0 Å². The predicted molar refractivity (Wildman–Crippen MR) is 151 cm³/mol. The lowest BCUT2D eigenvalue weighted by Gasteiger charge is -2.22. The lowest BCUT2D eigenvalue weighted by molar-refractivity contribution is 0.0882. The number of aromatic nitrogens is 3. The number of nitrogens with zero attached hydrogens (tertiary/aromatic N) is 4. The highest BCUT2D eigenvalue weighted by Crippen LogP contribution is 2.00. The van der Waals surface area contributed by atoms with Gasteiger partial charge < -0.3 is 36.5 Å². The van der Waals surface area contributed by atoms with E-state index in [4.69, 9.17) is 0 Å². The van der Waals surface area contributed by atoms with Gasteiger partial charge in [0.05, 0.1) is 0 Å². The molecule has 0 radical (unpaired) electrons. The number of nitrogens with one attached hydrogen (secondary N) is 3. The lowest BCUT2D eigenvalue weighted by atomic mass is 10.2. The molecule has 16 heteroatoms. The molecule has 43 heavy (non-hydrogen) atoms. The fourth-order valence-electron chi connectivity index (χ4n) is 4.08. The topological polar surface area (TPSA) is 217 Å². The third-order valence-corrected chi connectivity index (χ3v) is 6.30. The van der Waals surface area contributed by atoms with Gasteiger partial charge >= 0.3 is 0 Å². The zero-order chi connectivity index (χ0) is 31.4. The van der Waals surface area contributed by atoms with Crippen molar-refractivity contribution in [2.75, 3.05) is 39.3 Å². The van der Waals surface area contributed by atoms with Crippen LogP contribution in [0.25, 0.3) is 0 Å². The van der Waals surface area contributed by atoms with E-state index in [1.807, 2.05) is 4.90 Å². The average Bonchev–Trinajstić information content (AvgIpc) is 2.98. The van der Waals surface area contributed by atoms with E-state index in [1.54, 1.807) is 0 Å². The summed E-state index contributed by atoms with van der Waals surface area (Å²) in [6.07, 6.45) is 1.48. The van der Waals surface area contributed by atoms with Gasteiger partial charge in [-0.2, -0.15) is 0 Å². The number of amides is 3. The molecule has 3 aromatic heterocycles. The van der Waals surface area contributed by atoms with Crippen LogP contribution >= 0.6 is 0 Å². The molecule has 0 atom stereocenters. The first-order chi connectivity index (χ1) is 20.6. The maximum atomic E-state index is 12.3. The molecule has 0 aliphatic heterocycles. The van der Waals surface area contributed by atoms with E-state index in [9.17, 15) is 44.4 Å². The first-order valence-corrected chi connectivity index (χ1v) is 13.4. The number of rotatable bonds is 15. The third kappa shape index (κ3) is 9.06. The first-order valence-electron chi connectivity index (χ1n) is 13.4. The molecule has 0 aliphatic rings. The van der Waals surface area contributed by atoms with Gasteiger partial charge in [0.2, 0.25) is 0 Å². The molecular weight excluding hydrogens is 566 g/mol. The molecule has 3 heterocycles. The molecule has 0 saturated carbocycles. The summed E-state index contributed by atoms with van der Waals surface area (Å²) in [6.45, 7) is 2.22. The Labute approximate surface area is 244 Å². The van der Waals surface area contributed by atoms with Crippen molar-refractivity contribution in [2.24, 2.45) is 0 Å². The Balaban J connectivity index is 1.50. The predicted octanol–water partition coefficient (Wildman–Crippen LogP) is -1.05. The number of hydrogen-bond donors (Lipinski definition) is 6. The highest BCUT2D eigenvalue weighted by Gasteiger charge is 2.14. The van der Waals surface area contributed by atoms with Gasteiger partial charge in [-0.1, -0.05) is 18.2 Å². The molecule has 0 aliphatic carbocycles. The Hall–Kier alpha value is -5.38. The van der Waals surface area contributed by atoms with Crippen LogP contribution in [0.4, 0.5) is 0 Å². The molecule has 0 bridgehead atoms. The maximum absolute atomic E-state index is 12.3. The van der Waals surface area contributed by atoms with Crippen LogP contribution in [0, 0.1) is 0 Å². The van der Waals surface area contributed by atoms with E-state index >= 15 is 0 Å². The number of pyridine rings is 3. The molecule has 0 spiro atoms. The van der Waals surface area contributed by atoms with Crippen molar-refractivity contribution in [2.45, 2.75) is 19.3 Å². The summed E-state index contributed by atoms with van der Waals surface area (Å²) in [5.41, 5.74) is -2.80. The van der Waals surface area contributed by atoms with E-state index < -0.39 is 34.4 Å². The molecule has 0 fully saturated rings. The van der Waals surface area contributed by atoms with Crippen molar-refractivity contribution >= 4 is 17.7 Å². The second kappa shape index (κ2) is 15.6. The fourth-order valence-corrected chi connectivity index (χ4v) is 4.08. The average molecular weight is 600 g/mol. The van der Waals surface area contributed by atoms with E-state index in [0.717, 1.165) is 18.2 Å². The highest BCUT2D eigenvalue weighted by molar-refractivity contribution is 5.93. The van der Waals surface area contributed by atoms with Crippen LogP contribution in [0.2, 0.25) is 0 Å². The van der Waals surface area contributed by atoms with Crippen LogP contribution in [0.3, 0.4) is 0 Å². The Kier molecular flexibility index (Phi) is 11.6. The first kappa shape index (κ1) is 32.1. The number of carbonyl (C=O) groups excluding carboxylic acids is 3. The Morgan fingerprint density at radius 3 is 1.09 bits per heavy atom. The monoisotopic (exact) mass is 599 g/mol. The van der Waals surface area contributed by atoms with Crippen LogP contribution in [-0.2, 0) is 0 Å². The van der Waals surface area contributed by atoms with Gasteiger partial charge in [0.25, 0.3) is 34.4 Å². The SMILES string of the molecule is O=C(NCCCN(CCCNC(=O)c1cccc(=O)n1O)CCCNC(=O)c1cccc(=O)n1O)c1cccc(=O)n1O. The Bertz CT molecular complexity index is 1420. The van der Waals surface area contributed by atoms with Crippen LogP contribution in [-0.4, -0.2) is 91.7 Å². The Morgan fingerprint density at radius 1 is 0.535 bits per heavy atom. The zero-order valence-corrected chi connectivity index (χ0v) is 23.1. The summed E-state index contributed by atoms with van der Waals surface area (Å²) in [5, 5.41) is 37.2. The van der Waals surface area contributed by atoms with Crippen molar-refractivity contribution in [1.29, 1.82) is 0 Å². The molecule has 16 nitrogen and oxygen atoms in total. The number of carbonyl (C=O) groups is 3. The van der Waals surface area contributed by atoms with Crippen molar-refractivity contribution in [3.05, 3.63) is 103 Å². The molecule has 230 valence electrons. The highest BCUT2D eigenvalue weighted by atomic mass is 16.5. The molecular formula is C27H33N7O9. The molecule has 0 saturated heterocycles. The van der Waals surface area contributed by atoms with E-state index in [0.29, 0.717) is 38.9 Å². The molecule has 3 aromatic rings. The van der Waals surface area contributed by atoms with Crippen molar-refractivity contribution in [3.63, 3.8) is 0 Å². The van der Waals surface area contributed by atoms with Crippen molar-refractivity contribution in [3.8, 4) is 0 Å². The van der Waals surface area contributed by atoms with Gasteiger partial charge in [-0.15, -0.1) is 14.2 Å². The summed E-state index contributed by atoms with van der Waals surface area (Å²) in [5.74, 6) is -1.86. The smallest absolute Gasteiger partial charge is 0.283 e. The van der Waals surface area contributed by atoms with Crippen LogP contribution in [0.15, 0.2) is 69.0 Å². The van der Waals surface area contributed by atoms with Crippen molar-refractivity contribution in [1.82, 2.24) is 35.0 Å². The summed E-state index contributed by atoms with van der Waals surface area (Å²) >= 11 is 0. The minimum absolute atomic E-state index is 0.200. The maximum Gasteiger partial charge on any atom is 0.283 e. The zero-order valence-electron chi connectivity index (χ0n) is 23.1. The summed E-state index contributed by atoms with van der Waals surface area (Å²) < 4.78 is 0.796. The lowest BCUT2D eigenvalue weighted by Crippen LogP contribution is -2.36. The summed E-state index contributed by atoms with van der Waals surface area (Å²) in [7, 11) is 0. The third-order valence-electron chi connectivity index (χ3n) is 6.30. The molecule has 0 aromatic carbocycles. The quantitative estimate of drug-likeness (QED) is 0.0919. The van der Waals surface area contributed by atoms with E-state index in [2.05, 4.69) is 16.0 Å². The second-order valence-electron chi connectivity index (χ2n) is 9.35. The summed E-state index contributed by atoms with van der Waals surface area (Å²) in [6, 6.07) is 11.3. The van der Waals surface area contributed by atoms with E-state index in [-0.39, 0.29) is 50.9 Å². The van der Waals surface area contributed by atoms with Crippen molar-refractivity contribution < 1.29 is 30.0 Å². The molecule has 0 unspecified atom stereocenters. The Morgan fingerprint density at radius 2 is 0.814 bits per heavy atom. The largest absolute Gasteiger partial charge is 0.425 e.